The lowest BCUT2D eigenvalue weighted by atomic mass is 10.1. The van der Waals surface area contributed by atoms with Crippen LogP contribution in [0.5, 0.6) is 0 Å². The summed E-state index contributed by atoms with van der Waals surface area (Å²) in [6, 6.07) is 12.2. The number of rotatable bonds is 3. The van der Waals surface area contributed by atoms with Gasteiger partial charge in [-0.25, -0.2) is 4.79 Å². The van der Waals surface area contributed by atoms with Crippen molar-refractivity contribution in [2.24, 2.45) is 0 Å². The van der Waals surface area contributed by atoms with E-state index < -0.39 is 11.9 Å². The van der Waals surface area contributed by atoms with Gasteiger partial charge in [0.15, 0.2) is 0 Å². The molecule has 21 heavy (non-hydrogen) atoms. The first-order valence-electron chi connectivity index (χ1n) is 5.86. The molecule has 0 spiro atoms. The number of carbonyl (C=O) groups excluding carboxylic acids is 1. The van der Waals surface area contributed by atoms with Crippen molar-refractivity contribution in [1.82, 2.24) is 0 Å². The van der Waals surface area contributed by atoms with Crippen LogP contribution in [0.3, 0.4) is 0 Å². The molecule has 0 aliphatic carbocycles. The number of carboxylic acid groups (broad SMARTS) is 1. The Morgan fingerprint density at radius 2 is 1.81 bits per heavy atom. The summed E-state index contributed by atoms with van der Waals surface area (Å²) in [5.74, 6) is -1.80. The van der Waals surface area contributed by atoms with Crippen molar-refractivity contribution in [3.63, 3.8) is 0 Å². The standard InChI is InChI=1S/C15H9ClN2O3/c16-12-6-5-9(8-17)7-13(12)18-14(19)10-3-1-2-4-11(10)15(20)21/h1-7H,(H,18,19)(H,20,21). The topological polar surface area (TPSA) is 90.2 Å². The summed E-state index contributed by atoms with van der Waals surface area (Å²) < 4.78 is 0. The molecule has 0 aromatic heterocycles. The molecule has 5 nitrogen and oxygen atoms in total. The van der Waals surface area contributed by atoms with Crippen LogP contribution in [0.1, 0.15) is 26.3 Å². The maximum Gasteiger partial charge on any atom is 0.336 e. The summed E-state index contributed by atoms with van der Waals surface area (Å²) in [5, 5.41) is 20.7. The molecule has 2 aromatic carbocycles. The van der Waals surface area contributed by atoms with Crippen molar-refractivity contribution in [2.75, 3.05) is 5.32 Å². The Kier molecular flexibility index (Phi) is 4.21. The number of hydrogen-bond acceptors (Lipinski definition) is 3. The Morgan fingerprint density at radius 3 is 2.43 bits per heavy atom. The third-order valence-electron chi connectivity index (χ3n) is 2.75. The number of halogens is 1. The number of carbonyl (C=O) groups is 2. The third kappa shape index (κ3) is 3.19. The van der Waals surface area contributed by atoms with Gasteiger partial charge >= 0.3 is 5.97 Å². The van der Waals surface area contributed by atoms with E-state index in [2.05, 4.69) is 5.32 Å². The molecule has 2 N–H and O–H groups in total. The lowest BCUT2D eigenvalue weighted by Crippen LogP contribution is -2.16. The van der Waals surface area contributed by atoms with Crippen LogP contribution in [0.4, 0.5) is 5.69 Å². The van der Waals surface area contributed by atoms with Gasteiger partial charge < -0.3 is 10.4 Å². The highest BCUT2D eigenvalue weighted by molar-refractivity contribution is 6.34. The molecule has 2 rings (SSSR count). The molecule has 0 saturated heterocycles. The Morgan fingerprint density at radius 1 is 1.14 bits per heavy atom. The Balaban J connectivity index is 2.35. The Labute approximate surface area is 125 Å². The highest BCUT2D eigenvalue weighted by atomic mass is 35.5. The van der Waals surface area contributed by atoms with Crippen molar-refractivity contribution < 1.29 is 14.7 Å². The average molecular weight is 301 g/mol. The van der Waals surface area contributed by atoms with Crippen LogP contribution >= 0.6 is 11.6 Å². The van der Waals surface area contributed by atoms with Crippen LogP contribution in [0, 0.1) is 11.3 Å². The van der Waals surface area contributed by atoms with Gasteiger partial charge in [-0.15, -0.1) is 0 Å². The molecule has 6 heteroatoms. The summed E-state index contributed by atoms with van der Waals surface area (Å²) in [7, 11) is 0. The number of anilines is 1. The van der Waals surface area contributed by atoms with E-state index in [1.54, 1.807) is 6.07 Å². The molecule has 0 fully saturated rings. The van der Waals surface area contributed by atoms with E-state index in [1.807, 2.05) is 6.07 Å². The van der Waals surface area contributed by atoms with Crippen LogP contribution in [-0.2, 0) is 0 Å². The van der Waals surface area contributed by atoms with Gasteiger partial charge in [-0.05, 0) is 30.3 Å². The van der Waals surface area contributed by atoms with Crippen LogP contribution in [0.15, 0.2) is 42.5 Å². The molecular formula is C15H9ClN2O3. The highest BCUT2D eigenvalue weighted by Gasteiger charge is 2.16. The normalized spacial score (nSPS) is 9.71. The van der Waals surface area contributed by atoms with Gasteiger partial charge in [-0.3, -0.25) is 4.79 Å². The first-order chi connectivity index (χ1) is 10.0. The fourth-order valence-electron chi connectivity index (χ4n) is 1.75. The number of hydrogen-bond donors (Lipinski definition) is 2. The van der Waals surface area contributed by atoms with E-state index in [1.165, 1.54) is 36.4 Å². The molecule has 2 aromatic rings. The largest absolute Gasteiger partial charge is 0.478 e. The van der Waals surface area contributed by atoms with Crippen molar-refractivity contribution in [2.45, 2.75) is 0 Å². The van der Waals surface area contributed by atoms with Crippen molar-refractivity contribution in [3.8, 4) is 6.07 Å². The highest BCUT2D eigenvalue weighted by Crippen LogP contribution is 2.24. The number of nitrogens with zero attached hydrogens (tertiary/aromatic N) is 1. The van der Waals surface area contributed by atoms with Crippen LogP contribution in [-0.4, -0.2) is 17.0 Å². The van der Waals surface area contributed by atoms with Crippen LogP contribution in [0.2, 0.25) is 5.02 Å². The third-order valence-corrected chi connectivity index (χ3v) is 3.08. The smallest absolute Gasteiger partial charge is 0.336 e. The molecule has 104 valence electrons. The fourth-order valence-corrected chi connectivity index (χ4v) is 1.91. The predicted octanol–water partition coefficient (Wildman–Crippen LogP) is 3.16. The molecule has 0 radical (unpaired) electrons. The van der Waals surface area contributed by atoms with E-state index in [0.29, 0.717) is 5.56 Å². The molecular weight excluding hydrogens is 292 g/mol. The number of nitriles is 1. The first kappa shape index (κ1) is 14.6. The number of benzene rings is 2. The van der Waals surface area contributed by atoms with Gasteiger partial charge in [0, 0.05) is 0 Å². The zero-order chi connectivity index (χ0) is 15.4. The van der Waals surface area contributed by atoms with Crippen molar-refractivity contribution in [1.29, 1.82) is 5.26 Å². The molecule has 1 amide bonds. The minimum absolute atomic E-state index is 0.0171. The monoisotopic (exact) mass is 300 g/mol. The molecule has 0 unspecified atom stereocenters. The lowest BCUT2D eigenvalue weighted by Gasteiger charge is -2.09. The summed E-state index contributed by atoms with van der Waals surface area (Å²) >= 11 is 5.95. The van der Waals surface area contributed by atoms with E-state index in [-0.39, 0.29) is 21.8 Å². The quantitative estimate of drug-likeness (QED) is 0.911. The predicted molar refractivity (Wildman–Crippen MR) is 77.5 cm³/mol. The molecule has 0 aliphatic rings. The molecule has 0 bridgehead atoms. The van der Waals surface area contributed by atoms with Gasteiger partial charge in [0.25, 0.3) is 5.91 Å². The molecule has 0 atom stereocenters. The summed E-state index contributed by atoms with van der Waals surface area (Å²) in [6.07, 6.45) is 0. The Hall–Kier alpha value is -2.84. The zero-order valence-corrected chi connectivity index (χ0v) is 11.4. The molecule has 0 saturated carbocycles. The van der Waals surface area contributed by atoms with Crippen LogP contribution < -0.4 is 5.32 Å². The summed E-state index contributed by atoms with van der Waals surface area (Å²) in [5.41, 5.74) is 0.494. The van der Waals surface area contributed by atoms with E-state index in [0.717, 1.165) is 0 Å². The molecule has 0 aliphatic heterocycles. The number of nitrogens with one attached hydrogen (secondary N) is 1. The summed E-state index contributed by atoms with van der Waals surface area (Å²) in [6.45, 7) is 0. The van der Waals surface area contributed by atoms with Gasteiger partial charge in [-0.1, -0.05) is 23.7 Å². The first-order valence-corrected chi connectivity index (χ1v) is 6.24. The minimum Gasteiger partial charge on any atom is -0.478 e. The second-order valence-electron chi connectivity index (χ2n) is 4.11. The van der Waals surface area contributed by atoms with Crippen LogP contribution in [0.25, 0.3) is 0 Å². The Bertz CT molecular complexity index is 766. The average Bonchev–Trinajstić information content (AvgIpc) is 2.49. The van der Waals surface area contributed by atoms with Gasteiger partial charge in [0.1, 0.15) is 0 Å². The second kappa shape index (κ2) is 6.07. The summed E-state index contributed by atoms with van der Waals surface area (Å²) in [4.78, 5) is 23.3. The fraction of sp³-hybridized carbons (Fsp3) is 0. The van der Waals surface area contributed by atoms with Crippen molar-refractivity contribution >= 4 is 29.2 Å². The second-order valence-corrected chi connectivity index (χ2v) is 4.52. The number of aromatic carboxylic acids is 1. The lowest BCUT2D eigenvalue weighted by molar-refractivity contribution is 0.0692. The zero-order valence-electron chi connectivity index (χ0n) is 10.6. The van der Waals surface area contributed by atoms with Gasteiger partial charge in [0.2, 0.25) is 0 Å². The maximum atomic E-state index is 12.2. The SMILES string of the molecule is N#Cc1ccc(Cl)c(NC(=O)c2ccccc2C(=O)O)c1. The number of amides is 1. The van der Waals surface area contributed by atoms with E-state index in [9.17, 15) is 9.59 Å². The molecule has 0 heterocycles. The van der Waals surface area contributed by atoms with Crippen molar-refractivity contribution in [3.05, 3.63) is 64.2 Å². The van der Waals surface area contributed by atoms with Gasteiger partial charge in [-0.2, -0.15) is 5.26 Å². The minimum atomic E-state index is -1.20. The van der Waals surface area contributed by atoms with E-state index >= 15 is 0 Å². The van der Waals surface area contributed by atoms with E-state index in [4.69, 9.17) is 22.0 Å². The van der Waals surface area contributed by atoms with Gasteiger partial charge in [0.05, 0.1) is 33.5 Å². The maximum absolute atomic E-state index is 12.2. The number of carboxylic acids is 1.